The first kappa shape index (κ1) is 18.7. The van der Waals surface area contributed by atoms with Crippen LogP contribution in [0.3, 0.4) is 0 Å². The fourth-order valence-electron chi connectivity index (χ4n) is 5.12. The summed E-state index contributed by atoms with van der Waals surface area (Å²) < 4.78 is 5.51. The zero-order valence-corrected chi connectivity index (χ0v) is 16.0. The van der Waals surface area contributed by atoms with Crippen LogP contribution >= 0.6 is 0 Å². The van der Waals surface area contributed by atoms with Crippen LogP contribution in [-0.2, 0) is 16.1 Å². The van der Waals surface area contributed by atoms with Crippen LogP contribution in [0.5, 0.6) is 5.75 Å². The van der Waals surface area contributed by atoms with Gasteiger partial charge in [0.15, 0.2) is 0 Å². The summed E-state index contributed by atoms with van der Waals surface area (Å²) in [6, 6.07) is 17.5. The predicted molar refractivity (Wildman–Crippen MR) is 103 cm³/mol. The van der Waals surface area contributed by atoms with E-state index in [1.807, 2.05) is 54.6 Å². The van der Waals surface area contributed by atoms with Gasteiger partial charge in [-0.15, -0.1) is 0 Å². The van der Waals surface area contributed by atoms with Gasteiger partial charge < -0.3 is 14.6 Å². The number of likely N-dealkylation sites (tertiary alicyclic amines) is 1. The fraction of sp³-hybridized carbons (Fsp3) is 0.391. The van der Waals surface area contributed by atoms with E-state index in [0.717, 1.165) is 11.1 Å². The minimum Gasteiger partial charge on any atom is -0.549 e. The van der Waals surface area contributed by atoms with Crippen molar-refractivity contribution >= 4 is 11.8 Å². The molecule has 2 aliphatic rings. The third-order valence-electron chi connectivity index (χ3n) is 6.38. The molecule has 5 heteroatoms. The highest BCUT2D eigenvalue weighted by atomic mass is 16.5. The number of carbonyl (C=O) groups is 2. The van der Waals surface area contributed by atoms with E-state index >= 15 is 0 Å². The Morgan fingerprint density at radius 2 is 1.86 bits per heavy atom. The second-order valence-corrected chi connectivity index (χ2v) is 7.84. The van der Waals surface area contributed by atoms with Crippen LogP contribution in [0.1, 0.15) is 29.9 Å². The summed E-state index contributed by atoms with van der Waals surface area (Å²) in [5.74, 6) is -1.28. The summed E-state index contributed by atoms with van der Waals surface area (Å²) in [5.41, 5.74) is 0.739. The van der Waals surface area contributed by atoms with Crippen molar-refractivity contribution in [3.63, 3.8) is 0 Å². The van der Waals surface area contributed by atoms with Crippen molar-refractivity contribution in [2.75, 3.05) is 20.2 Å². The Morgan fingerprint density at radius 3 is 2.57 bits per heavy atom. The number of Topliss-reactive ketones (excluding diaryl/α,β-unsaturated/α-hetero) is 1. The van der Waals surface area contributed by atoms with Crippen LogP contribution in [0.2, 0.25) is 0 Å². The van der Waals surface area contributed by atoms with Gasteiger partial charge in [0, 0.05) is 43.3 Å². The summed E-state index contributed by atoms with van der Waals surface area (Å²) in [5, 5.41) is 12.6. The van der Waals surface area contributed by atoms with Crippen LogP contribution in [-0.4, -0.2) is 36.9 Å². The molecule has 2 fully saturated rings. The molecule has 1 saturated carbocycles. The van der Waals surface area contributed by atoms with E-state index < -0.39 is 17.3 Å². The number of nitrogens with zero attached hydrogens (tertiary/aromatic N) is 1. The molecular formula is C23H24NO4-. The van der Waals surface area contributed by atoms with Crippen molar-refractivity contribution in [2.24, 2.45) is 11.3 Å². The number of rotatable bonds is 5. The zero-order valence-electron chi connectivity index (χ0n) is 16.0. The lowest BCUT2D eigenvalue weighted by Gasteiger charge is -2.46. The minimum absolute atomic E-state index is 0.0332. The van der Waals surface area contributed by atoms with Crippen LogP contribution in [0.4, 0.5) is 0 Å². The Morgan fingerprint density at radius 1 is 1.14 bits per heavy atom. The molecule has 3 atom stereocenters. The van der Waals surface area contributed by atoms with E-state index in [9.17, 15) is 14.7 Å². The van der Waals surface area contributed by atoms with Crippen molar-refractivity contribution in [3.8, 4) is 5.75 Å². The number of fused-ring (bicyclic) bond motifs is 1. The van der Waals surface area contributed by atoms with Crippen molar-refractivity contribution in [3.05, 3.63) is 65.7 Å². The topological polar surface area (TPSA) is 69.7 Å². The number of carboxylic acids is 1. The molecule has 3 unspecified atom stereocenters. The second-order valence-electron chi connectivity index (χ2n) is 7.84. The van der Waals surface area contributed by atoms with E-state index in [4.69, 9.17) is 4.74 Å². The number of para-hydroxylation sites is 1. The normalized spacial score (nSPS) is 27.4. The van der Waals surface area contributed by atoms with Crippen molar-refractivity contribution < 1.29 is 19.4 Å². The monoisotopic (exact) mass is 378 g/mol. The summed E-state index contributed by atoms with van der Waals surface area (Å²) in [6.45, 7) is 1.38. The van der Waals surface area contributed by atoms with Crippen molar-refractivity contribution in [2.45, 2.75) is 25.3 Å². The highest BCUT2D eigenvalue weighted by Gasteiger charge is 2.58. The maximum Gasteiger partial charge on any atom is 0.138 e. The van der Waals surface area contributed by atoms with Gasteiger partial charge in [-0.25, -0.2) is 0 Å². The van der Waals surface area contributed by atoms with Gasteiger partial charge in [0.2, 0.25) is 0 Å². The number of benzene rings is 2. The Kier molecular flexibility index (Phi) is 4.94. The van der Waals surface area contributed by atoms with Crippen molar-refractivity contribution in [1.29, 1.82) is 0 Å². The van der Waals surface area contributed by atoms with E-state index in [1.54, 1.807) is 7.11 Å². The molecule has 146 valence electrons. The summed E-state index contributed by atoms with van der Waals surface area (Å²) in [6.07, 6.45) is 0.893. The Hall–Kier alpha value is -2.66. The number of aliphatic carboxylic acids is 1. The van der Waals surface area contributed by atoms with Crippen molar-refractivity contribution in [1.82, 2.24) is 4.90 Å². The Balaban J connectivity index is 1.73. The van der Waals surface area contributed by atoms with E-state index in [-0.39, 0.29) is 11.7 Å². The summed E-state index contributed by atoms with van der Waals surface area (Å²) in [4.78, 5) is 27.4. The van der Waals surface area contributed by atoms with Gasteiger partial charge in [0.05, 0.1) is 13.1 Å². The average Bonchev–Trinajstić information content (AvgIpc) is 3.10. The SMILES string of the molecule is COc1ccccc1C1CCC(=O)C2CN(Cc3ccccc3)CC21C(=O)[O-]. The van der Waals surface area contributed by atoms with E-state index in [1.165, 1.54) is 0 Å². The fourth-order valence-corrected chi connectivity index (χ4v) is 5.12. The van der Waals surface area contributed by atoms with Gasteiger partial charge in [-0.3, -0.25) is 9.69 Å². The van der Waals surface area contributed by atoms with Crippen LogP contribution in [0, 0.1) is 11.3 Å². The van der Waals surface area contributed by atoms with Crippen LogP contribution in [0.15, 0.2) is 54.6 Å². The number of carboxylic acid groups (broad SMARTS) is 1. The highest BCUT2D eigenvalue weighted by molar-refractivity contribution is 5.91. The standard InChI is InChI=1S/C23H25NO4/c1-28-21-10-6-5-9-17(21)18-11-12-20(25)19-14-24(15-23(18,19)22(26)27)13-16-7-3-2-4-8-16/h2-10,18-19H,11-15H2,1H3,(H,26,27)/p-1. The smallest absolute Gasteiger partial charge is 0.138 e. The predicted octanol–water partition coefficient (Wildman–Crippen LogP) is 2.01. The Labute approximate surface area is 164 Å². The van der Waals surface area contributed by atoms with Gasteiger partial charge in [0.25, 0.3) is 0 Å². The Bertz CT molecular complexity index is 881. The third kappa shape index (κ3) is 3.00. The number of hydrogen-bond acceptors (Lipinski definition) is 5. The average molecular weight is 378 g/mol. The molecule has 1 heterocycles. The molecule has 5 nitrogen and oxygen atoms in total. The highest BCUT2D eigenvalue weighted by Crippen LogP contribution is 2.54. The molecule has 0 aromatic heterocycles. The number of carbonyl (C=O) groups excluding carboxylic acids is 2. The lowest BCUT2D eigenvalue weighted by molar-refractivity contribution is -0.322. The molecule has 1 aliphatic heterocycles. The van der Waals surface area contributed by atoms with Gasteiger partial charge >= 0.3 is 0 Å². The minimum atomic E-state index is -1.22. The molecule has 0 amide bonds. The molecule has 0 spiro atoms. The number of ketones is 1. The molecular weight excluding hydrogens is 354 g/mol. The lowest BCUT2D eigenvalue weighted by Crippen LogP contribution is -2.55. The molecule has 0 bridgehead atoms. The number of hydrogen-bond donors (Lipinski definition) is 0. The van der Waals surface area contributed by atoms with E-state index in [2.05, 4.69) is 4.90 Å². The molecule has 1 saturated heterocycles. The van der Waals surface area contributed by atoms with Gasteiger partial charge in [-0.05, 0) is 23.6 Å². The van der Waals surface area contributed by atoms with Gasteiger partial charge in [-0.1, -0.05) is 48.5 Å². The van der Waals surface area contributed by atoms with Gasteiger partial charge in [-0.2, -0.15) is 0 Å². The first-order valence-corrected chi connectivity index (χ1v) is 9.69. The van der Waals surface area contributed by atoms with Gasteiger partial charge in [0.1, 0.15) is 11.5 Å². The molecule has 28 heavy (non-hydrogen) atoms. The van der Waals surface area contributed by atoms with E-state index in [0.29, 0.717) is 38.2 Å². The third-order valence-corrected chi connectivity index (χ3v) is 6.38. The maximum absolute atomic E-state index is 12.8. The molecule has 2 aromatic rings. The lowest BCUT2D eigenvalue weighted by atomic mass is 9.59. The second kappa shape index (κ2) is 7.40. The molecule has 4 rings (SSSR count). The van der Waals surface area contributed by atoms with Crippen LogP contribution < -0.4 is 9.84 Å². The largest absolute Gasteiger partial charge is 0.549 e. The molecule has 1 aliphatic carbocycles. The molecule has 2 aromatic carbocycles. The quantitative estimate of drug-likeness (QED) is 0.796. The number of methoxy groups -OCH3 is 1. The summed E-state index contributed by atoms with van der Waals surface area (Å²) >= 11 is 0. The van der Waals surface area contributed by atoms with Crippen LogP contribution in [0.25, 0.3) is 0 Å². The first-order valence-electron chi connectivity index (χ1n) is 9.69. The number of ether oxygens (including phenoxy) is 1. The first-order chi connectivity index (χ1) is 13.6. The maximum atomic E-state index is 12.8. The zero-order chi connectivity index (χ0) is 19.7. The molecule has 0 radical (unpaired) electrons. The molecule has 0 N–H and O–H groups in total. The summed E-state index contributed by atoms with van der Waals surface area (Å²) in [7, 11) is 1.59.